The van der Waals surface area contributed by atoms with Gasteiger partial charge in [-0.3, -0.25) is 0 Å². The molecule has 0 saturated heterocycles. The molecule has 2 aromatic carbocycles. The Morgan fingerprint density at radius 2 is 1.76 bits per heavy atom. The molecule has 21 heavy (non-hydrogen) atoms. The lowest BCUT2D eigenvalue weighted by Gasteiger charge is -2.10. The van der Waals surface area contributed by atoms with Crippen LogP contribution in [0.25, 0.3) is 0 Å². The first-order valence-electron chi connectivity index (χ1n) is 7.22. The molecule has 2 rings (SSSR count). The molecule has 0 radical (unpaired) electrons. The summed E-state index contributed by atoms with van der Waals surface area (Å²) >= 11 is 0. The Labute approximate surface area is 126 Å². The zero-order chi connectivity index (χ0) is 15.2. The van der Waals surface area contributed by atoms with Gasteiger partial charge < -0.3 is 10.1 Å². The Morgan fingerprint density at radius 3 is 2.38 bits per heavy atom. The molecule has 1 N–H and O–H groups in total. The minimum atomic E-state index is -0.289. The van der Waals surface area contributed by atoms with Crippen molar-refractivity contribution < 1.29 is 9.13 Å². The topological polar surface area (TPSA) is 21.3 Å². The van der Waals surface area contributed by atoms with Gasteiger partial charge in [0.15, 0.2) is 11.6 Å². The minimum absolute atomic E-state index is 0.288. The molecule has 0 saturated carbocycles. The standard InChI is InChI=1S/C18H22FNO/c1-13(2)15-9-7-14(8-10-15)11-20-12-16-5-4-6-17(21-3)18(16)19/h4-10,13,20H,11-12H2,1-3H3. The SMILES string of the molecule is COc1cccc(CNCc2ccc(C(C)C)cc2)c1F. The fourth-order valence-electron chi connectivity index (χ4n) is 2.21. The molecule has 0 unspecified atom stereocenters. The van der Waals surface area contributed by atoms with E-state index in [1.807, 2.05) is 0 Å². The maximum atomic E-state index is 14.0. The number of methoxy groups -OCH3 is 1. The third-order valence-corrected chi connectivity index (χ3v) is 3.55. The molecule has 0 heterocycles. The van der Waals surface area contributed by atoms with E-state index in [4.69, 9.17) is 4.74 Å². The number of halogens is 1. The summed E-state index contributed by atoms with van der Waals surface area (Å²) in [6, 6.07) is 13.7. The maximum Gasteiger partial charge on any atom is 0.169 e. The summed E-state index contributed by atoms with van der Waals surface area (Å²) in [5.74, 6) is 0.538. The summed E-state index contributed by atoms with van der Waals surface area (Å²) in [5, 5.41) is 3.26. The first kappa shape index (κ1) is 15.5. The van der Waals surface area contributed by atoms with Gasteiger partial charge in [0.05, 0.1) is 7.11 Å². The lowest BCUT2D eigenvalue weighted by molar-refractivity contribution is 0.383. The van der Waals surface area contributed by atoms with E-state index in [0.29, 0.717) is 18.0 Å². The molecule has 3 heteroatoms. The first-order valence-corrected chi connectivity index (χ1v) is 7.22. The highest BCUT2D eigenvalue weighted by molar-refractivity contribution is 5.31. The van der Waals surface area contributed by atoms with Gasteiger partial charge in [0.1, 0.15) is 0 Å². The van der Waals surface area contributed by atoms with Gasteiger partial charge in [-0.05, 0) is 23.1 Å². The van der Waals surface area contributed by atoms with Crippen molar-refractivity contribution in [2.24, 2.45) is 0 Å². The van der Waals surface area contributed by atoms with Crippen LogP contribution in [0.1, 0.15) is 36.5 Å². The number of benzene rings is 2. The Hall–Kier alpha value is -1.87. The number of rotatable bonds is 6. The van der Waals surface area contributed by atoms with Crippen molar-refractivity contribution in [1.29, 1.82) is 0 Å². The highest BCUT2D eigenvalue weighted by Gasteiger charge is 2.07. The van der Waals surface area contributed by atoms with E-state index in [1.165, 1.54) is 18.2 Å². The molecule has 0 bridgehead atoms. The Morgan fingerprint density at radius 1 is 1.05 bits per heavy atom. The van der Waals surface area contributed by atoms with E-state index in [1.54, 1.807) is 18.2 Å². The van der Waals surface area contributed by atoms with Crippen LogP contribution in [0.4, 0.5) is 4.39 Å². The molecule has 0 aliphatic carbocycles. The van der Waals surface area contributed by atoms with Crippen molar-refractivity contribution in [1.82, 2.24) is 5.32 Å². The fraction of sp³-hybridized carbons (Fsp3) is 0.333. The van der Waals surface area contributed by atoms with Crippen LogP contribution in [-0.4, -0.2) is 7.11 Å². The van der Waals surface area contributed by atoms with Crippen molar-refractivity contribution in [2.75, 3.05) is 7.11 Å². The summed E-state index contributed by atoms with van der Waals surface area (Å²) in [5.41, 5.74) is 3.15. The van der Waals surface area contributed by atoms with Gasteiger partial charge in [-0.1, -0.05) is 50.2 Å². The first-order chi connectivity index (χ1) is 10.1. The van der Waals surface area contributed by atoms with Gasteiger partial charge in [-0.2, -0.15) is 0 Å². The average molecular weight is 287 g/mol. The molecule has 0 spiro atoms. The molecule has 112 valence electrons. The molecule has 0 aromatic heterocycles. The Bertz CT molecular complexity index is 578. The van der Waals surface area contributed by atoms with Crippen LogP contribution in [-0.2, 0) is 13.1 Å². The van der Waals surface area contributed by atoms with Crippen molar-refractivity contribution in [2.45, 2.75) is 32.9 Å². The van der Waals surface area contributed by atoms with Crippen molar-refractivity contribution >= 4 is 0 Å². The summed E-state index contributed by atoms with van der Waals surface area (Å²) in [6.07, 6.45) is 0. The lowest BCUT2D eigenvalue weighted by atomic mass is 10.0. The largest absolute Gasteiger partial charge is 0.494 e. The van der Waals surface area contributed by atoms with Gasteiger partial charge in [-0.15, -0.1) is 0 Å². The number of nitrogens with one attached hydrogen (secondary N) is 1. The molecule has 0 aliphatic heterocycles. The quantitative estimate of drug-likeness (QED) is 0.857. The molecule has 2 nitrogen and oxygen atoms in total. The molecule has 0 amide bonds. The fourth-order valence-corrected chi connectivity index (χ4v) is 2.21. The molecule has 0 fully saturated rings. The van der Waals surface area contributed by atoms with Crippen molar-refractivity contribution in [3.05, 3.63) is 65.0 Å². The average Bonchev–Trinajstić information content (AvgIpc) is 2.49. The Balaban J connectivity index is 1.92. The highest BCUT2D eigenvalue weighted by Crippen LogP contribution is 2.20. The number of ether oxygens (including phenoxy) is 1. The van der Waals surface area contributed by atoms with E-state index in [-0.39, 0.29) is 11.6 Å². The molecular weight excluding hydrogens is 265 g/mol. The van der Waals surface area contributed by atoms with Crippen LogP contribution in [0.2, 0.25) is 0 Å². The second kappa shape index (κ2) is 7.23. The number of hydrogen-bond donors (Lipinski definition) is 1. The van der Waals surface area contributed by atoms with E-state index in [9.17, 15) is 4.39 Å². The summed E-state index contributed by atoms with van der Waals surface area (Å²) < 4.78 is 19.0. The number of hydrogen-bond acceptors (Lipinski definition) is 2. The van der Waals surface area contributed by atoms with E-state index in [2.05, 4.69) is 43.4 Å². The smallest absolute Gasteiger partial charge is 0.169 e. The van der Waals surface area contributed by atoms with Gasteiger partial charge >= 0.3 is 0 Å². The van der Waals surface area contributed by atoms with Gasteiger partial charge in [0.25, 0.3) is 0 Å². The van der Waals surface area contributed by atoms with Crippen LogP contribution in [0, 0.1) is 5.82 Å². The van der Waals surface area contributed by atoms with E-state index in [0.717, 1.165) is 6.54 Å². The highest BCUT2D eigenvalue weighted by atomic mass is 19.1. The van der Waals surface area contributed by atoms with Crippen LogP contribution < -0.4 is 10.1 Å². The molecule has 0 aliphatic rings. The van der Waals surface area contributed by atoms with Crippen molar-refractivity contribution in [3.63, 3.8) is 0 Å². The monoisotopic (exact) mass is 287 g/mol. The van der Waals surface area contributed by atoms with Gasteiger partial charge in [0.2, 0.25) is 0 Å². The predicted molar refractivity (Wildman–Crippen MR) is 84.0 cm³/mol. The van der Waals surface area contributed by atoms with E-state index >= 15 is 0 Å². The van der Waals surface area contributed by atoms with Crippen LogP contribution >= 0.6 is 0 Å². The normalized spacial score (nSPS) is 10.9. The molecular formula is C18H22FNO. The van der Waals surface area contributed by atoms with Crippen LogP contribution in [0.15, 0.2) is 42.5 Å². The van der Waals surface area contributed by atoms with Gasteiger partial charge in [-0.25, -0.2) is 4.39 Å². The van der Waals surface area contributed by atoms with Crippen LogP contribution in [0.3, 0.4) is 0 Å². The molecule has 2 aromatic rings. The zero-order valence-corrected chi connectivity index (χ0v) is 12.8. The lowest BCUT2D eigenvalue weighted by Crippen LogP contribution is -2.14. The molecule has 0 atom stereocenters. The van der Waals surface area contributed by atoms with Crippen molar-refractivity contribution in [3.8, 4) is 5.75 Å². The van der Waals surface area contributed by atoms with Gasteiger partial charge in [0, 0.05) is 18.7 Å². The third-order valence-electron chi connectivity index (χ3n) is 3.55. The maximum absolute atomic E-state index is 14.0. The zero-order valence-electron chi connectivity index (χ0n) is 12.8. The second-order valence-electron chi connectivity index (χ2n) is 5.43. The third kappa shape index (κ3) is 4.05. The second-order valence-corrected chi connectivity index (χ2v) is 5.43. The van der Waals surface area contributed by atoms with Crippen LogP contribution in [0.5, 0.6) is 5.75 Å². The summed E-state index contributed by atoms with van der Waals surface area (Å²) in [7, 11) is 1.48. The summed E-state index contributed by atoms with van der Waals surface area (Å²) in [6.45, 7) is 5.56. The predicted octanol–water partition coefficient (Wildman–Crippen LogP) is 4.25. The van der Waals surface area contributed by atoms with E-state index < -0.39 is 0 Å². The minimum Gasteiger partial charge on any atom is -0.494 e. The summed E-state index contributed by atoms with van der Waals surface area (Å²) in [4.78, 5) is 0. The Kier molecular flexibility index (Phi) is 5.34.